The van der Waals surface area contributed by atoms with Crippen LogP contribution in [0.5, 0.6) is 0 Å². The largest absolute Gasteiger partial charge is 0.469 e. The van der Waals surface area contributed by atoms with Crippen LogP contribution < -0.4 is 5.32 Å². The summed E-state index contributed by atoms with van der Waals surface area (Å²) in [5.74, 6) is -0.689. The molecular formula is C16H19F2NO. The highest BCUT2D eigenvalue weighted by atomic mass is 19.2. The first-order valence-corrected chi connectivity index (χ1v) is 6.89. The Kier molecular flexibility index (Phi) is 4.90. The smallest absolute Gasteiger partial charge is 0.159 e. The number of furan rings is 1. The fourth-order valence-corrected chi connectivity index (χ4v) is 2.39. The average Bonchev–Trinajstić information content (AvgIpc) is 2.90. The zero-order valence-corrected chi connectivity index (χ0v) is 11.7. The van der Waals surface area contributed by atoms with E-state index in [4.69, 9.17) is 4.42 Å². The maximum atomic E-state index is 13.3. The monoisotopic (exact) mass is 279 g/mol. The van der Waals surface area contributed by atoms with Crippen molar-refractivity contribution >= 4 is 0 Å². The van der Waals surface area contributed by atoms with E-state index in [1.165, 1.54) is 12.1 Å². The number of benzene rings is 1. The predicted molar refractivity (Wildman–Crippen MR) is 74.6 cm³/mol. The average molecular weight is 279 g/mol. The second kappa shape index (κ2) is 6.66. The molecule has 0 amide bonds. The van der Waals surface area contributed by atoms with Crippen molar-refractivity contribution in [2.24, 2.45) is 0 Å². The van der Waals surface area contributed by atoms with Crippen molar-refractivity contribution in [2.45, 2.75) is 32.7 Å². The summed E-state index contributed by atoms with van der Waals surface area (Å²) in [6.45, 7) is 4.84. The molecule has 0 fully saturated rings. The molecule has 1 unspecified atom stereocenters. The number of hydrogen-bond donors (Lipinski definition) is 1. The third-order valence-corrected chi connectivity index (χ3v) is 3.35. The van der Waals surface area contributed by atoms with Gasteiger partial charge in [-0.3, -0.25) is 0 Å². The Bertz CT molecular complexity index is 565. The molecule has 1 heterocycles. The van der Waals surface area contributed by atoms with Crippen molar-refractivity contribution in [3.05, 3.63) is 59.1 Å². The van der Waals surface area contributed by atoms with Crippen LogP contribution in [0, 0.1) is 11.6 Å². The standard InChI is InChI=1S/C16H19F2NO/c1-3-16-12(7-8-20-16)15(19-4-2)10-11-5-6-13(17)14(18)9-11/h5-9,15,19H,3-4,10H2,1-2H3. The van der Waals surface area contributed by atoms with Crippen LogP contribution >= 0.6 is 0 Å². The van der Waals surface area contributed by atoms with Gasteiger partial charge in [-0.2, -0.15) is 0 Å². The molecule has 1 N–H and O–H groups in total. The summed E-state index contributed by atoms with van der Waals surface area (Å²) in [5.41, 5.74) is 1.84. The van der Waals surface area contributed by atoms with Crippen LogP contribution in [0.4, 0.5) is 8.78 Å². The predicted octanol–water partition coefficient (Wildman–Crippen LogP) is 4.01. The number of likely N-dealkylation sites (N-methyl/N-ethyl adjacent to an activating group) is 1. The maximum absolute atomic E-state index is 13.3. The summed E-state index contributed by atoms with van der Waals surface area (Å²) in [7, 11) is 0. The van der Waals surface area contributed by atoms with Crippen molar-refractivity contribution in [1.29, 1.82) is 0 Å². The van der Waals surface area contributed by atoms with Crippen molar-refractivity contribution < 1.29 is 13.2 Å². The Hall–Kier alpha value is -1.68. The molecule has 108 valence electrons. The van der Waals surface area contributed by atoms with Crippen LogP contribution in [0.15, 0.2) is 34.9 Å². The van der Waals surface area contributed by atoms with E-state index < -0.39 is 11.6 Å². The first-order valence-electron chi connectivity index (χ1n) is 6.89. The summed E-state index contributed by atoms with van der Waals surface area (Å²) in [6.07, 6.45) is 3.07. The van der Waals surface area contributed by atoms with Gasteiger partial charge in [0, 0.05) is 18.0 Å². The highest BCUT2D eigenvalue weighted by Crippen LogP contribution is 2.24. The van der Waals surface area contributed by atoms with E-state index in [2.05, 4.69) is 5.32 Å². The number of hydrogen-bond acceptors (Lipinski definition) is 2. The van der Waals surface area contributed by atoms with Crippen molar-refractivity contribution in [3.63, 3.8) is 0 Å². The van der Waals surface area contributed by atoms with Crippen LogP contribution in [0.1, 0.15) is 36.8 Å². The molecule has 1 aromatic heterocycles. The summed E-state index contributed by atoms with van der Waals surface area (Å²) in [6, 6.07) is 6.02. The molecule has 0 aliphatic rings. The van der Waals surface area contributed by atoms with Gasteiger partial charge in [0.05, 0.1) is 6.26 Å². The molecule has 0 spiro atoms. The fourth-order valence-electron chi connectivity index (χ4n) is 2.39. The van der Waals surface area contributed by atoms with Gasteiger partial charge in [0.15, 0.2) is 11.6 Å². The molecular weight excluding hydrogens is 260 g/mol. The highest BCUT2D eigenvalue weighted by Gasteiger charge is 2.17. The third kappa shape index (κ3) is 3.25. The van der Waals surface area contributed by atoms with Crippen molar-refractivity contribution in [2.75, 3.05) is 6.54 Å². The van der Waals surface area contributed by atoms with Gasteiger partial charge in [-0.1, -0.05) is 19.9 Å². The topological polar surface area (TPSA) is 25.2 Å². The number of nitrogens with one attached hydrogen (secondary N) is 1. The molecule has 1 aromatic carbocycles. The Morgan fingerprint density at radius 3 is 2.60 bits per heavy atom. The van der Waals surface area contributed by atoms with Crippen LogP contribution in [0.25, 0.3) is 0 Å². The van der Waals surface area contributed by atoms with Crippen LogP contribution in [0.2, 0.25) is 0 Å². The minimum absolute atomic E-state index is 0.0403. The molecule has 1 atom stereocenters. The molecule has 0 aliphatic heterocycles. The lowest BCUT2D eigenvalue weighted by Crippen LogP contribution is -2.23. The zero-order chi connectivity index (χ0) is 14.5. The second-order valence-electron chi connectivity index (χ2n) is 4.72. The lowest BCUT2D eigenvalue weighted by atomic mass is 9.98. The van der Waals surface area contributed by atoms with E-state index in [-0.39, 0.29) is 6.04 Å². The molecule has 20 heavy (non-hydrogen) atoms. The molecule has 0 bridgehead atoms. The number of halogens is 2. The van der Waals surface area contributed by atoms with Crippen molar-refractivity contribution in [3.8, 4) is 0 Å². The second-order valence-corrected chi connectivity index (χ2v) is 4.72. The van der Waals surface area contributed by atoms with E-state index in [1.807, 2.05) is 19.9 Å². The van der Waals surface area contributed by atoms with E-state index in [0.717, 1.165) is 29.9 Å². The van der Waals surface area contributed by atoms with Gasteiger partial charge in [-0.25, -0.2) is 8.78 Å². The SMILES string of the molecule is CCNC(Cc1ccc(F)c(F)c1)c1ccoc1CC. The molecule has 0 saturated heterocycles. The minimum atomic E-state index is -0.814. The molecule has 4 heteroatoms. The van der Waals surface area contributed by atoms with E-state index in [9.17, 15) is 8.78 Å². The Morgan fingerprint density at radius 2 is 1.95 bits per heavy atom. The van der Waals surface area contributed by atoms with E-state index >= 15 is 0 Å². The molecule has 2 aromatic rings. The molecule has 0 aliphatic carbocycles. The van der Waals surface area contributed by atoms with Crippen LogP contribution in [0.3, 0.4) is 0 Å². The Morgan fingerprint density at radius 1 is 1.15 bits per heavy atom. The van der Waals surface area contributed by atoms with Gasteiger partial charge in [0.2, 0.25) is 0 Å². The van der Waals surface area contributed by atoms with Gasteiger partial charge in [-0.05, 0) is 36.7 Å². The van der Waals surface area contributed by atoms with Gasteiger partial charge < -0.3 is 9.73 Å². The molecule has 0 radical (unpaired) electrons. The van der Waals surface area contributed by atoms with Gasteiger partial charge in [0.25, 0.3) is 0 Å². The normalized spacial score (nSPS) is 12.6. The number of aryl methyl sites for hydroxylation is 1. The molecule has 2 rings (SSSR count). The number of rotatable bonds is 6. The Labute approximate surface area is 117 Å². The highest BCUT2D eigenvalue weighted by molar-refractivity contribution is 5.26. The van der Waals surface area contributed by atoms with Crippen LogP contribution in [-0.4, -0.2) is 6.54 Å². The zero-order valence-electron chi connectivity index (χ0n) is 11.7. The lowest BCUT2D eigenvalue weighted by molar-refractivity contribution is 0.484. The first kappa shape index (κ1) is 14.7. The summed E-state index contributed by atoms with van der Waals surface area (Å²) in [5, 5.41) is 3.37. The first-order chi connectivity index (χ1) is 9.65. The molecule has 0 saturated carbocycles. The Balaban J connectivity index is 2.23. The van der Waals surface area contributed by atoms with Crippen LogP contribution in [-0.2, 0) is 12.8 Å². The summed E-state index contributed by atoms with van der Waals surface area (Å²) in [4.78, 5) is 0. The van der Waals surface area contributed by atoms with E-state index in [1.54, 1.807) is 12.3 Å². The molecule has 2 nitrogen and oxygen atoms in total. The third-order valence-electron chi connectivity index (χ3n) is 3.35. The fraction of sp³-hybridized carbons (Fsp3) is 0.375. The van der Waals surface area contributed by atoms with Crippen molar-refractivity contribution in [1.82, 2.24) is 5.32 Å². The van der Waals surface area contributed by atoms with E-state index in [0.29, 0.717) is 6.42 Å². The quantitative estimate of drug-likeness (QED) is 0.864. The lowest BCUT2D eigenvalue weighted by Gasteiger charge is -2.18. The summed E-state index contributed by atoms with van der Waals surface area (Å²) >= 11 is 0. The summed E-state index contributed by atoms with van der Waals surface area (Å²) < 4.78 is 31.7. The van der Waals surface area contributed by atoms with Gasteiger partial charge >= 0.3 is 0 Å². The minimum Gasteiger partial charge on any atom is -0.469 e. The maximum Gasteiger partial charge on any atom is 0.159 e. The van der Waals surface area contributed by atoms with Gasteiger partial charge in [0.1, 0.15) is 5.76 Å². The van der Waals surface area contributed by atoms with Gasteiger partial charge in [-0.15, -0.1) is 0 Å².